The first kappa shape index (κ1) is 13.1. The molecule has 1 aromatic rings. The van der Waals surface area contributed by atoms with Crippen molar-refractivity contribution in [2.75, 3.05) is 20.1 Å². The van der Waals surface area contributed by atoms with Crippen LogP contribution in [-0.4, -0.2) is 37.0 Å². The Labute approximate surface area is 114 Å². The summed E-state index contributed by atoms with van der Waals surface area (Å²) in [4.78, 5) is 15.2. The number of amides is 1. The molecule has 94 valence electrons. The fourth-order valence-corrected chi connectivity index (χ4v) is 3.52. The average molecular weight is 317 g/mol. The van der Waals surface area contributed by atoms with Crippen molar-refractivity contribution in [3.05, 3.63) is 20.8 Å². The van der Waals surface area contributed by atoms with Gasteiger partial charge in [-0.3, -0.25) is 4.79 Å². The van der Waals surface area contributed by atoms with Crippen molar-refractivity contribution < 1.29 is 4.79 Å². The molecule has 0 spiro atoms. The molecule has 1 N–H and O–H groups in total. The molecule has 5 heteroatoms. The molecule has 1 saturated heterocycles. The van der Waals surface area contributed by atoms with E-state index in [4.69, 9.17) is 0 Å². The smallest absolute Gasteiger partial charge is 0.222 e. The summed E-state index contributed by atoms with van der Waals surface area (Å²) in [6, 6.07) is 2.48. The standard InChI is InChI=1S/C12H17BrN2OS/c1-15(10-4-5-14-7-10)12(16)3-2-11-6-9(13)8-17-11/h6,8,10,14H,2-5,7H2,1H3. The van der Waals surface area contributed by atoms with Crippen LogP contribution in [0.25, 0.3) is 0 Å². The molecule has 1 unspecified atom stereocenters. The van der Waals surface area contributed by atoms with Gasteiger partial charge in [0.25, 0.3) is 0 Å². The summed E-state index contributed by atoms with van der Waals surface area (Å²) in [5.74, 6) is 0.253. The second-order valence-corrected chi connectivity index (χ2v) is 6.29. The predicted molar refractivity (Wildman–Crippen MR) is 74.4 cm³/mol. The van der Waals surface area contributed by atoms with E-state index < -0.39 is 0 Å². The maximum absolute atomic E-state index is 12.0. The molecule has 2 rings (SSSR count). The van der Waals surface area contributed by atoms with Gasteiger partial charge in [-0.1, -0.05) is 0 Å². The van der Waals surface area contributed by atoms with Gasteiger partial charge in [0, 0.05) is 40.8 Å². The van der Waals surface area contributed by atoms with Gasteiger partial charge in [-0.05, 0) is 41.4 Å². The van der Waals surface area contributed by atoms with Crippen LogP contribution < -0.4 is 5.32 Å². The van der Waals surface area contributed by atoms with Gasteiger partial charge >= 0.3 is 0 Å². The van der Waals surface area contributed by atoms with E-state index in [1.807, 2.05) is 11.9 Å². The highest BCUT2D eigenvalue weighted by molar-refractivity contribution is 9.10. The number of hydrogen-bond acceptors (Lipinski definition) is 3. The Morgan fingerprint density at radius 3 is 3.12 bits per heavy atom. The molecular formula is C12H17BrN2OS. The number of halogens is 1. The number of hydrogen-bond donors (Lipinski definition) is 1. The first-order valence-corrected chi connectivity index (χ1v) is 7.53. The van der Waals surface area contributed by atoms with Crippen LogP contribution >= 0.6 is 27.3 Å². The lowest BCUT2D eigenvalue weighted by atomic mass is 10.2. The normalized spacial score (nSPS) is 19.5. The number of thiophene rings is 1. The van der Waals surface area contributed by atoms with E-state index in [0.717, 1.165) is 30.4 Å². The van der Waals surface area contributed by atoms with Gasteiger partial charge in [-0.15, -0.1) is 11.3 Å². The molecule has 3 nitrogen and oxygen atoms in total. The Morgan fingerprint density at radius 2 is 2.53 bits per heavy atom. The third-order valence-corrected chi connectivity index (χ3v) is 4.94. The minimum atomic E-state index is 0.253. The summed E-state index contributed by atoms with van der Waals surface area (Å²) < 4.78 is 1.11. The highest BCUT2D eigenvalue weighted by Gasteiger charge is 2.22. The SMILES string of the molecule is CN(C(=O)CCc1cc(Br)cs1)C1CCNC1. The summed E-state index contributed by atoms with van der Waals surface area (Å²) >= 11 is 5.13. The fourth-order valence-electron chi connectivity index (χ4n) is 2.07. The van der Waals surface area contributed by atoms with Crippen molar-refractivity contribution in [3.63, 3.8) is 0 Å². The van der Waals surface area contributed by atoms with Crippen LogP contribution in [0.5, 0.6) is 0 Å². The van der Waals surface area contributed by atoms with Crippen molar-refractivity contribution >= 4 is 33.2 Å². The maximum atomic E-state index is 12.0. The van der Waals surface area contributed by atoms with Gasteiger partial charge in [-0.2, -0.15) is 0 Å². The second-order valence-electron chi connectivity index (χ2n) is 4.38. The van der Waals surface area contributed by atoms with Crippen LogP contribution in [0.3, 0.4) is 0 Å². The first-order chi connectivity index (χ1) is 8.16. The van der Waals surface area contributed by atoms with Crippen LogP contribution in [0.1, 0.15) is 17.7 Å². The zero-order valence-electron chi connectivity index (χ0n) is 9.91. The third-order valence-electron chi connectivity index (χ3n) is 3.18. The molecule has 1 amide bonds. The first-order valence-electron chi connectivity index (χ1n) is 5.86. The summed E-state index contributed by atoms with van der Waals surface area (Å²) in [5, 5.41) is 5.35. The topological polar surface area (TPSA) is 32.3 Å². The zero-order valence-corrected chi connectivity index (χ0v) is 12.3. The molecule has 17 heavy (non-hydrogen) atoms. The number of carbonyl (C=O) groups excluding carboxylic acids is 1. The highest BCUT2D eigenvalue weighted by atomic mass is 79.9. The van der Waals surface area contributed by atoms with Gasteiger partial charge in [0.15, 0.2) is 0 Å². The van der Waals surface area contributed by atoms with Crippen LogP contribution in [0.15, 0.2) is 15.9 Å². The van der Waals surface area contributed by atoms with Crippen molar-refractivity contribution in [1.82, 2.24) is 10.2 Å². The van der Waals surface area contributed by atoms with E-state index in [1.165, 1.54) is 4.88 Å². The summed E-state index contributed by atoms with van der Waals surface area (Å²) in [6.07, 6.45) is 2.53. The molecule has 0 aromatic carbocycles. The Hall–Kier alpha value is -0.390. The molecule has 0 saturated carbocycles. The molecular weight excluding hydrogens is 300 g/mol. The number of carbonyl (C=O) groups is 1. The zero-order chi connectivity index (χ0) is 12.3. The summed E-state index contributed by atoms with van der Waals surface area (Å²) in [7, 11) is 1.92. The van der Waals surface area contributed by atoms with E-state index in [0.29, 0.717) is 12.5 Å². The second kappa shape index (κ2) is 5.98. The van der Waals surface area contributed by atoms with Gasteiger partial charge in [0.1, 0.15) is 0 Å². The van der Waals surface area contributed by atoms with Crippen LogP contribution in [-0.2, 0) is 11.2 Å². The van der Waals surface area contributed by atoms with Gasteiger partial charge < -0.3 is 10.2 Å². The van der Waals surface area contributed by atoms with E-state index >= 15 is 0 Å². The minimum absolute atomic E-state index is 0.253. The molecule has 1 fully saturated rings. The molecule has 1 aliphatic rings. The Kier molecular flexibility index (Phi) is 4.59. The highest BCUT2D eigenvalue weighted by Crippen LogP contribution is 2.21. The monoisotopic (exact) mass is 316 g/mol. The van der Waals surface area contributed by atoms with Crippen molar-refractivity contribution in [2.45, 2.75) is 25.3 Å². The molecule has 1 aromatic heterocycles. The Balaban J connectivity index is 1.80. The number of nitrogens with one attached hydrogen (secondary N) is 1. The molecule has 1 aliphatic heterocycles. The van der Waals surface area contributed by atoms with Gasteiger partial charge in [0.2, 0.25) is 5.91 Å². The number of aryl methyl sites for hydroxylation is 1. The summed E-state index contributed by atoms with van der Waals surface area (Å²) in [5.41, 5.74) is 0. The Morgan fingerprint density at radius 1 is 1.71 bits per heavy atom. The average Bonchev–Trinajstić information content (AvgIpc) is 2.95. The van der Waals surface area contributed by atoms with Crippen LogP contribution in [0.4, 0.5) is 0 Å². The lowest BCUT2D eigenvalue weighted by Gasteiger charge is -2.23. The number of likely N-dealkylation sites (N-methyl/N-ethyl adjacent to an activating group) is 1. The summed E-state index contributed by atoms with van der Waals surface area (Å²) in [6.45, 7) is 1.97. The molecule has 0 bridgehead atoms. The number of nitrogens with zero attached hydrogens (tertiary/aromatic N) is 1. The van der Waals surface area contributed by atoms with Gasteiger partial charge in [0.05, 0.1) is 0 Å². The largest absolute Gasteiger partial charge is 0.341 e. The molecule has 1 atom stereocenters. The van der Waals surface area contributed by atoms with E-state index in [-0.39, 0.29) is 5.91 Å². The molecule has 2 heterocycles. The molecule has 0 radical (unpaired) electrons. The van der Waals surface area contributed by atoms with E-state index in [9.17, 15) is 4.79 Å². The van der Waals surface area contributed by atoms with Crippen molar-refractivity contribution in [3.8, 4) is 0 Å². The fraction of sp³-hybridized carbons (Fsp3) is 0.583. The molecule has 0 aliphatic carbocycles. The van der Waals surface area contributed by atoms with Crippen LogP contribution in [0.2, 0.25) is 0 Å². The number of rotatable bonds is 4. The lowest BCUT2D eigenvalue weighted by Crippen LogP contribution is -2.38. The third kappa shape index (κ3) is 3.53. The van der Waals surface area contributed by atoms with Crippen molar-refractivity contribution in [2.24, 2.45) is 0 Å². The lowest BCUT2D eigenvalue weighted by molar-refractivity contribution is -0.131. The quantitative estimate of drug-likeness (QED) is 0.924. The van der Waals surface area contributed by atoms with Crippen molar-refractivity contribution in [1.29, 1.82) is 0 Å². The minimum Gasteiger partial charge on any atom is -0.341 e. The van der Waals surface area contributed by atoms with E-state index in [1.54, 1.807) is 11.3 Å². The maximum Gasteiger partial charge on any atom is 0.222 e. The van der Waals surface area contributed by atoms with Gasteiger partial charge in [-0.25, -0.2) is 0 Å². The Bertz CT molecular complexity index is 388. The van der Waals surface area contributed by atoms with Crippen LogP contribution in [0, 0.1) is 0 Å². The van der Waals surface area contributed by atoms with E-state index in [2.05, 4.69) is 32.7 Å². The predicted octanol–water partition coefficient (Wildman–Crippen LogP) is 2.26.